The second-order valence-corrected chi connectivity index (χ2v) is 3.37. The second-order valence-electron chi connectivity index (χ2n) is 3.37. The minimum atomic E-state index is -0.157. The molecule has 1 aromatic rings. The van der Waals surface area contributed by atoms with Gasteiger partial charge in [-0.3, -0.25) is 0 Å². The van der Waals surface area contributed by atoms with E-state index in [9.17, 15) is 0 Å². The van der Waals surface area contributed by atoms with Gasteiger partial charge in [-0.2, -0.15) is 0 Å². The molecular weight excluding hydrogens is 180 g/mol. The minimum absolute atomic E-state index is 0.0130. The SMILES string of the molecule is OC[C@H]1CO[C@H](c2ccccc2)CO1. The fourth-order valence-electron chi connectivity index (χ4n) is 1.51. The molecule has 3 heteroatoms. The molecule has 2 rings (SSSR count). The second kappa shape index (κ2) is 4.55. The van der Waals surface area contributed by atoms with Gasteiger partial charge in [0.25, 0.3) is 0 Å². The summed E-state index contributed by atoms with van der Waals surface area (Å²) in [6.45, 7) is 1.02. The molecule has 1 saturated heterocycles. The molecule has 0 radical (unpaired) electrons. The Morgan fingerprint density at radius 1 is 1.14 bits per heavy atom. The van der Waals surface area contributed by atoms with Gasteiger partial charge in [0.1, 0.15) is 12.2 Å². The zero-order valence-electron chi connectivity index (χ0n) is 7.93. The van der Waals surface area contributed by atoms with Crippen molar-refractivity contribution in [3.8, 4) is 0 Å². The first-order chi connectivity index (χ1) is 6.90. The molecule has 1 N–H and O–H groups in total. The van der Waals surface area contributed by atoms with Crippen molar-refractivity contribution in [3.05, 3.63) is 35.9 Å². The van der Waals surface area contributed by atoms with Gasteiger partial charge in [0, 0.05) is 0 Å². The Balaban J connectivity index is 1.96. The van der Waals surface area contributed by atoms with Crippen LogP contribution in [0.2, 0.25) is 0 Å². The first kappa shape index (κ1) is 9.65. The summed E-state index contributed by atoms with van der Waals surface area (Å²) in [5.41, 5.74) is 1.13. The predicted octanol–water partition coefficient (Wildman–Crippen LogP) is 1.14. The van der Waals surface area contributed by atoms with Gasteiger partial charge >= 0.3 is 0 Å². The van der Waals surface area contributed by atoms with Crippen molar-refractivity contribution in [2.45, 2.75) is 12.2 Å². The minimum Gasteiger partial charge on any atom is -0.394 e. The molecule has 1 aliphatic rings. The summed E-state index contributed by atoms with van der Waals surface area (Å²) in [5, 5.41) is 8.84. The molecular formula is C11H14O3. The molecule has 1 aliphatic heterocycles. The van der Waals surface area contributed by atoms with Crippen LogP contribution in [0.5, 0.6) is 0 Å². The summed E-state index contributed by atoms with van der Waals surface area (Å²) in [4.78, 5) is 0. The highest BCUT2D eigenvalue weighted by molar-refractivity contribution is 5.17. The zero-order valence-corrected chi connectivity index (χ0v) is 7.93. The van der Waals surface area contributed by atoms with Crippen LogP contribution in [0.25, 0.3) is 0 Å². The van der Waals surface area contributed by atoms with Crippen molar-refractivity contribution >= 4 is 0 Å². The maximum atomic E-state index is 8.84. The van der Waals surface area contributed by atoms with E-state index in [4.69, 9.17) is 14.6 Å². The number of hydrogen-bond acceptors (Lipinski definition) is 3. The molecule has 0 saturated carbocycles. The molecule has 0 amide bonds. The summed E-state index contributed by atoms with van der Waals surface area (Å²) in [6.07, 6.45) is -0.144. The highest BCUT2D eigenvalue weighted by atomic mass is 16.6. The van der Waals surface area contributed by atoms with Crippen molar-refractivity contribution < 1.29 is 14.6 Å². The van der Waals surface area contributed by atoms with Crippen molar-refractivity contribution in [3.63, 3.8) is 0 Å². The van der Waals surface area contributed by atoms with E-state index in [0.717, 1.165) is 5.56 Å². The van der Waals surface area contributed by atoms with E-state index in [1.807, 2.05) is 30.3 Å². The molecule has 2 atom stereocenters. The van der Waals surface area contributed by atoms with Gasteiger partial charge in [-0.1, -0.05) is 30.3 Å². The molecule has 0 aromatic heterocycles. The van der Waals surface area contributed by atoms with E-state index >= 15 is 0 Å². The van der Waals surface area contributed by atoms with E-state index in [1.165, 1.54) is 0 Å². The van der Waals surface area contributed by atoms with Gasteiger partial charge in [-0.15, -0.1) is 0 Å². The molecule has 76 valence electrons. The monoisotopic (exact) mass is 194 g/mol. The number of hydrogen-bond donors (Lipinski definition) is 1. The Hall–Kier alpha value is -0.900. The lowest BCUT2D eigenvalue weighted by atomic mass is 10.1. The Labute approximate surface area is 83.3 Å². The molecule has 0 spiro atoms. The van der Waals surface area contributed by atoms with Crippen LogP contribution in [0.15, 0.2) is 30.3 Å². The summed E-state index contributed by atoms with van der Waals surface area (Å²) in [7, 11) is 0. The van der Waals surface area contributed by atoms with Crippen molar-refractivity contribution in [1.29, 1.82) is 0 Å². The molecule has 0 unspecified atom stereocenters. The molecule has 14 heavy (non-hydrogen) atoms. The lowest BCUT2D eigenvalue weighted by Gasteiger charge is -2.28. The van der Waals surface area contributed by atoms with Gasteiger partial charge in [0.2, 0.25) is 0 Å². The maximum absolute atomic E-state index is 8.84. The van der Waals surface area contributed by atoms with E-state index in [-0.39, 0.29) is 18.8 Å². The first-order valence-corrected chi connectivity index (χ1v) is 4.79. The number of aliphatic hydroxyl groups is 1. The Morgan fingerprint density at radius 3 is 2.50 bits per heavy atom. The smallest absolute Gasteiger partial charge is 0.106 e. The lowest BCUT2D eigenvalue weighted by Crippen LogP contribution is -2.33. The van der Waals surface area contributed by atoms with Crippen molar-refractivity contribution in [2.24, 2.45) is 0 Å². The third-order valence-electron chi connectivity index (χ3n) is 2.34. The molecule has 0 aliphatic carbocycles. The fraction of sp³-hybridized carbons (Fsp3) is 0.455. The highest BCUT2D eigenvalue weighted by Crippen LogP contribution is 2.22. The van der Waals surface area contributed by atoms with Crippen LogP contribution < -0.4 is 0 Å². The Morgan fingerprint density at radius 2 is 1.93 bits per heavy atom. The van der Waals surface area contributed by atoms with Gasteiger partial charge < -0.3 is 14.6 Å². The summed E-state index contributed by atoms with van der Waals surface area (Å²) in [5.74, 6) is 0. The van der Waals surface area contributed by atoms with Crippen LogP contribution in [0.3, 0.4) is 0 Å². The quantitative estimate of drug-likeness (QED) is 0.767. The van der Waals surface area contributed by atoms with Gasteiger partial charge in [0.15, 0.2) is 0 Å². The molecule has 1 aromatic carbocycles. The third-order valence-corrected chi connectivity index (χ3v) is 2.34. The third kappa shape index (κ3) is 2.12. The van der Waals surface area contributed by atoms with Crippen LogP contribution in [-0.2, 0) is 9.47 Å². The van der Waals surface area contributed by atoms with E-state index in [0.29, 0.717) is 13.2 Å². The van der Waals surface area contributed by atoms with Gasteiger partial charge in [0.05, 0.1) is 19.8 Å². The van der Waals surface area contributed by atoms with Crippen LogP contribution in [-0.4, -0.2) is 31.0 Å². The van der Waals surface area contributed by atoms with E-state index in [1.54, 1.807) is 0 Å². The average Bonchev–Trinajstić information content (AvgIpc) is 2.30. The predicted molar refractivity (Wildman–Crippen MR) is 52.0 cm³/mol. The Bertz CT molecular complexity index is 265. The van der Waals surface area contributed by atoms with E-state index < -0.39 is 0 Å². The number of ether oxygens (including phenoxy) is 2. The van der Waals surface area contributed by atoms with E-state index in [2.05, 4.69) is 0 Å². The van der Waals surface area contributed by atoms with Crippen LogP contribution in [0.4, 0.5) is 0 Å². The normalized spacial score (nSPS) is 27.5. The fourth-order valence-corrected chi connectivity index (χ4v) is 1.51. The Kier molecular flexibility index (Phi) is 3.14. The summed E-state index contributed by atoms with van der Waals surface area (Å²) in [6, 6.07) is 9.98. The maximum Gasteiger partial charge on any atom is 0.106 e. The van der Waals surface area contributed by atoms with Gasteiger partial charge in [-0.25, -0.2) is 0 Å². The molecule has 1 fully saturated rings. The summed E-state index contributed by atoms with van der Waals surface area (Å²) >= 11 is 0. The van der Waals surface area contributed by atoms with Crippen molar-refractivity contribution in [2.75, 3.05) is 19.8 Å². The summed E-state index contributed by atoms with van der Waals surface area (Å²) < 4.78 is 11.0. The topological polar surface area (TPSA) is 38.7 Å². The highest BCUT2D eigenvalue weighted by Gasteiger charge is 2.22. The zero-order chi connectivity index (χ0) is 9.80. The standard InChI is InChI=1S/C11H14O3/c12-6-10-7-14-11(8-13-10)9-4-2-1-3-5-9/h1-5,10-12H,6-8H2/t10-,11-/m0/s1. The molecule has 0 bridgehead atoms. The number of benzene rings is 1. The average molecular weight is 194 g/mol. The molecule has 3 nitrogen and oxygen atoms in total. The van der Waals surface area contributed by atoms with Crippen molar-refractivity contribution in [1.82, 2.24) is 0 Å². The number of rotatable bonds is 2. The van der Waals surface area contributed by atoms with Gasteiger partial charge in [-0.05, 0) is 5.56 Å². The largest absolute Gasteiger partial charge is 0.394 e. The van der Waals surface area contributed by atoms with Crippen LogP contribution in [0.1, 0.15) is 11.7 Å². The van der Waals surface area contributed by atoms with Crippen LogP contribution >= 0.6 is 0 Å². The van der Waals surface area contributed by atoms with Crippen LogP contribution in [0, 0.1) is 0 Å². The first-order valence-electron chi connectivity index (χ1n) is 4.79. The molecule has 1 heterocycles. The lowest BCUT2D eigenvalue weighted by molar-refractivity contribution is -0.147. The number of aliphatic hydroxyl groups excluding tert-OH is 1.